The van der Waals surface area contributed by atoms with Crippen LogP contribution in [0.15, 0.2) is 42.6 Å². The SMILES string of the molecule is CCCN(C(=O)C1CCN(c2ccc(Cl)cn2)CC1)C1CCc2ccccc2C1. The lowest BCUT2D eigenvalue weighted by Gasteiger charge is -2.39. The summed E-state index contributed by atoms with van der Waals surface area (Å²) in [5.74, 6) is 1.44. The molecule has 0 saturated carbocycles. The normalized spacial score (nSPS) is 19.7. The van der Waals surface area contributed by atoms with Gasteiger partial charge < -0.3 is 9.80 Å². The van der Waals surface area contributed by atoms with Crippen molar-refractivity contribution >= 4 is 23.3 Å². The zero-order valence-corrected chi connectivity index (χ0v) is 17.9. The Labute approximate surface area is 178 Å². The molecule has 0 bridgehead atoms. The van der Waals surface area contributed by atoms with E-state index in [9.17, 15) is 4.79 Å². The number of aryl methyl sites for hydroxylation is 1. The number of rotatable bonds is 5. The molecular weight excluding hydrogens is 382 g/mol. The molecule has 1 aromatic carbocycles. The third-order valence-corrected chi connectivity index (χ3v) is 6.61. The summed E-state index contributed by atoms with van der Waals surface area (Å²) in [4.78, 5) is 22.4. The number of carbonyl (C=O) groups is 1. The zero-order chi connectivity index (χ0) is 20.2. The van der Waals surface area contributed by atoms with Crippen LogP contribution in [0.5, 0.6) is 0 Å². The van der Waals surface area contributed by atoms with Crippen LogP contribution in [0.25, 0.3) is 0 Å². The highest BCUT2D eigenvalue weighted by atomic mass is 35.5. The third kappa shape index (κ3) is 4.58. The van der Waals surface area contributed by atoms with Gasteiger partial charge in [0.05, 0.1) is 5.02 Å². The summed E-state index contributed by atoms with van der Waals surface area (Å²) >= 11 is 5.95. The van der Waals surface area contributed by atoms with Gasteiger partial charge in [0.15, 0.2) is 0 Å². The number of pyridine rings is 1. The lowest BCUT2D eigenvalue weighted by molar-refractivity contribution is -0.139. The van der Waals surface area contributed by atoms with E-state index in [2.05, 4.69) is 46.0 Å². The Morgan fingerprint density at radius 1 is 1.14 bits per heavy atom. The summed E-state index contributed by atoms with van der Waals surface area (Å²) in [7, 11) is 0. The van der Waals surface area contributed by atoms with E-state index in [1.165, 1.54) is 11.1 Å². The Balaban J connectivity index is 1.40. The van der Waals surface area contributed by atoms with Crippen LogP contribution >= 0.6 is 11.6 Å². The van der Waals surface area contributed by atoms with Crippen molar-refractivity contribution in [1.82, 2.24) is 9.88 Å². The van der Waals surface area contributed by atoms with Crippen LogP contribution in [0.2, 0.25) is 5.02 Å². The minimum absolute atomic E-state index is 0.127. The average Bonchev–Trinajstić information content (AvgIpc) is 2.77. The molecule has 5 heteroatoms. The summed E-state index contributed by atoms with van der Waals surface area (Å²) in [6, 6.07) is 12.9. The molecule has 2 heterocycles. The fourth-order valence-corrected chi connectivity index (χ4v) is 4.92. The highest BCUT2D eigenvalue weighted by molar-refractivity contribution is 6.30. The van der Waals surface area contributed by atoms with Crippen molar-refractivity contribution in [2.24, 2.45) is 5.92 Å². The topological polar surface area (TPSA) is 36.4 Å². The van der Waals surface area contributed by atoms with E-state index in [0.717, 1.165) is 64.0 Å². The second kappa shape index (κ2) is 9.17. The van der Waals surface area contributed by atoms with Crippen LogP contribution in [0.3, 0.4) is 0 Å². The van der Waals surface area contributed by atoms with Gasteiger partial charge in [0.25, 0.3) is 0 Å². The Kier molecular flexibility index (Phi) is 6.39. The molecule has 0 N–H and O–H groups in total. The van der Waals surface area contributed by atoms with E-state index in [1.54, 1.807) is 6.20 Å². The maximum absolute atomic E-state index is 13.5. The fraction of sp³-hybridized carbons (Fsp3) is 0.500. The molecule has 1 atom stereocenters. The molecule has 2 aromatic rings. The first-order valence-corrected chi connectivity index (χ1v) is 11.3. The molecule has 1 unspecified atom stereocenters. The Morgan fingerprint density at radius 2 is 1.90 bits per heavy atom. The highest BCUT2D eigenvalue weighted by Gasteiger charge is 2.33. The summed E-state index contributed by atoms with van der Waals surface area (Å²) in [6.45, 7) is 4.79. The Bertz CT molecular complexity index is 830. The number of hydrogen-bond acceptors (Lipinski definition) is 3. The van der Waals surface area contributed by atoms with E-state index < -0.39 is 0 Å². The van der Waals surface area contributed by atoms with Crippen LogP contribution < -0.4 is 4.90 Å². The number of halogens is 1. The molecule has 1 amide bonds. The zero-order valence-electron chi connectivity index (χ0n) is 17.2. The minimum atomic E-state index is 0.127. The van der Waals surface area contributed by atoms with Gasteiger partial charge in [0, 0.05) is 37.8 Å². The van der Waals surface area contributed by atoms with E-state index in [0.29, 0.717) is 17.0 Å². The molecule has 1 saturated heterocycles. The molecule has 4 nitrogen and oxygen atoms in total. The second-order valence-electron chi connectivity index (χ2n) is 8.29. The summed E-state index contributed by atoms with van der Waals surface area (Å²) in [5, 5.41) is 0.656. The number of aromatic nitrogens is 1. The maximum Gasteiger partial charge on any atom is 0.226 e. The van der Waals surface area contributed by atoms with Crippen molar-refractivity contribution in [3.8, 4) is 0 Å². The van der Waals surface area contributed by atoms with Gasteiger partial charge >= 0.3 is 0 Å². The number of benzene rings is 1. The van der Waals surface area contributed by atoms with Gasteiger partial charge in [-0.05, 0) is 61.8 Å². The standard InChI is InChI=1S/C24H30ClN3O/c1-2-13-28(22-9-7-18-5-3-4-6-20(18)16-22)24(29)19-11-14-27(15-12-19)23-10-8-21(25)17-26-23/h3-6,8,10,17,19,22H,2,7,9,11-16H2,1H3. The van der Waals surface area contributed by atoms with Crippen molar-refractivity contribution in [2.75, 3.05) is 24.5 Å². The molecule has 0 spiro atoms. The van der Waals surface area contributed by atoms with E-state index in [1.807, 2.05) is 12.1 Å². The second-order valence-corrected chi connectivity index (χ2v) is 8.73. The molecule has 0 radical (unpaired) electrons. The Hall–Kier alpha value is -2.07. The summed E-state index contributed by atoms with van der Waals surface area (Å²) in [6.07, 6.45) is 7.65. The number of hydrogen-bond donors (Lipinski definition) is 0. The van der Waals surface area contributed by atoms with Gasteiger partial charge in [0.2, 0.25) is 5.91 Å². The highest BCUT2D eigenvalue weighted by Crippen LogP contribution is 2.29. The molecule has 1 aliphatic heterocycles. The van der Waals surface area contributed by atoms with Gasteiger partial charge in [-0.25, -0.2) is 4.98 Å². The predicted octanol–water partition coefficient (Wildman–Crippen LogP) is 4.75. The summed E-state index contributed by atoms with van der Waals surface area (Å²) in [5.41, 5.74) is 2.87. The first kappa shape index (κ1) is 20.2. The fourth-order valence-electron chi connectivity index (χ4n) is 4.80. The van der Waals surface area contributed by atoms with Gasteiger partial charge in [-0.1, -0.05) is 42.8 Å². The lowest BCUT2D eigenvalue weighted by atomic mass is 9.86. The average molecular weight is 412 g/mol. The van der Waals surface area contributed by atoms with Crippen molar-refractivity contribution in [1.29, 1.82) is 0 Å². The van der Waals surface area contributed by atoms with Crippen LogP contribution in [0.1, 0.15) is 43.7 Å². The van der Waals surface area contributed by atoms with Crippen molar-refractivity contribution in [2.45, 2.75) is 51.5 Å². The number of amides is 1. The number of fused-ring (bicyclic) bond motifs is 1. The van der Waals surface area contributed by atoms with Gasteiger partial charge in [-0.3, -0.25) is 4.79 Å². The number of nitrogens with zero attached hydrogens (tertiary/aromatic N) is 3. The molecule has 1 aliphatic carbocycles. The molecule has 29 heavy (non-hydrogen) atoms. The summed E-state index contributed by atoms with van der Waals surface area (Å²) < 4.78 is 0. The van der Waals surface area contributed by atoms with Crippen LogP contribution in [0, 0.1) is 5.92 Å². The van der Waals surface area contributed by atoms with Gasteiger partial charge in [0.1, 0.15) is 5.82 Å². The Morgan fingerprint density at radius 3 is 2.59 bits per heavy atom. The third-order valence-electron chi connectivity index (χ3n) is 6.39. The maximum atomic E-state index is 13.5. The van der Waals surface area contributed by atoms with Crippen LogP contribution in [-0.2, 0) is 17.6 Å². The van der Waals surface area contributed by atoms with Gasteiger partial charge in [-0.15, -0.1) is 0 Å². The van der Waals surface area contributed by atoms with Crippen molar-refractivity contribution in [3.63, 3.8) is 0 Å². The van der Waals surface area contributed by atoms with Crippen molar-refractivity contribution < 1.29 is 4.79 Å². The molecule has 154 valence electrons. The number of carbonyl (C=O) groups excluding carboxylic acids is 1. The smallest absolute Gasteiger partial charge is 0.226 e. The van der Waals surface area contributed by atoms with Crippen molar-refractivity contribution in [3.05, 3.63) is 58.7 Å². The van der Waals surface area contributed by atoms with E-state index in [4.69, 9.17) is 11.6 Å². The number of anilines is 1. The quantitative estimate of drug-likeness (QED) is 0.712. The van der Waals surface area contributed by atoms with Gasteiger partial charge in [-0.2, -0.15) is 0 Å². The van der Waals surface area contributed by atoms with Crippen LogP contribution in [-0.4, -0.2) is 41.5 Å². The first-order valence-electron chi connectivity index (χ1n) is 10.9. The predicted molar refractivity (Wildman–Crippen MR) is 118 cm³/mol. The molecular formula is C24H30ClN3O. The molecule has 1 fully saturated rings. The molecule has 4 rings (SSSR count). The molecule has 2 aliphatic rings. The monoisotopic (exact) mass is 411 g/mol. The minimum Gasteiger partial charge on any atom is -0.357 e. The lowest BCUT2D eigenvalue weighted by Crippen LogP contribution is -2.49. The number of piperidine rings is 1. The van der Waals surface area contributed by atoms with Crippen LogP contribution in [0.4, 0.5) is 5.82 Å². The molecule has 1 aromatic heterocycles. The largest absolute Gasteiger partial charge is 0.357 e. The first-order chi connectivity index (χ1) is 14.2. The van der Waals surface area contributed by atoms with E-state index in [-0.39, 0.29) is 5.92 Å². The van der Waals surface area contributed by atoms with E-state index >= 15 is 0 Å².